The van der Waals surface area contributed by atoms with Gasteiger partial charge in [0.2, 0.25) is 0 Å². The number of halogens is 1. The zero-order chi connectivity index (χ0) is 10.3. The second kappa shape index (κ2) is 3.09. The number of H-pyrrole nitrogens is 1. The van der Waals surface area contributed by atoms with Gasteiger partial charge in [0, 0.05) is 4.47 Å². The van der Waals surface area contributed by atoms with Crippen molar-refractivity contribution in [3.05, 3.63) is 43.1 Å². The van der Waals surface area contributed by atoms with Crippen LogP contribution in [-0.2, 0) is 0 Å². The first kappa shape index (κ1) is 9.21. The molecule has 0 saturated carbocycles. The molecule has 0 aliphatic heterocycles. The predicted octanol–water partition coefficient (Wildman–Crippen LogP) is 1.55. The molecule has 0 aliphatic carbocycles. The minimum atomic E-state index is -0.736. The number of rotatable bonds is 0. The Balaban J connectivity index is 3.10. The smallest absolute Gasteiger partial charge is 0.372 e. The first-order valence-electron chi connectivity index (χ1n) is 3.91. The van der Waals surface area contributed by atoms with E-state index in [1.165, 1.54) is 0 Å². The molecule has 5 heteroatoms. The van der Waals surface area contributed by atoms with E-state index in [4.69, 9.17) is 0 Å². The summed E-state index contributed by atoms with van der Waals surface area (Å²) in [5.41, 5.74) is 0.805. The van der Waals surface area contributed by atoms with Crippen molar-refractivity contribution in [3.63, 3.8) is 0 Å². The van der Waals surface area contributed by atoms with Crippen molar-refractivity contribution in [1.29, 1.82) is 0 Å². The minimum Gasteiger partial charge on any atom is -0.372 e. The maximum Gasteiger partial charge on any atom is 0.419 e. The van der Waals surface area contributed by atoms with E-state index in [9.17, 15) is 9.59 Å². The van der Waals surface area contributed by atoms with Crippen LogP contribution < -0.4 is 11.4 Å². The van der Waals surface area contributed by atoms with Crippen LogP contribution in [0.15, 0.2) is 30.6 Å². The summed E-state index contributed by atoms with van der Waals surface area (Å²) in [5.74, 6) is -0.736. The number of hydrogen-bond acceptors (Lipinski definition) is 3. The Hall–Kier alpha value is -1.36. The lowest BCUT2D eigenvalue weighted by atomic mass is 10.2. The molecule has 0 atom stereocenters. The van der Waals surface area contributed by atoms with Crippen LogP contribution in [0.2, 0.25) is 0 Å². The lowest BCUT2D eigenvalue weighted by molar-refractivity contribution is 0.460. The molecule has 1 heterocycles. The van der Waals surface area contributed by atoms with E-state index in [2.05, 4.69) is 25.3 Å². The Labute approximate surface area is 86.7 Å². The van der Waals surface area contributed by atoms with E-state index >= 15 is 0 Å². The third-order valence-corrected chi connectivity index (χ3v) is 2.49. The van der Waals surface area contributed by atoms with Gasteiger partial charge in [0.1, 0.15) is 0 Å². The van der Waals surface area contributed by atoms with Crippen LogP contribution in [0.1, 0.15) is 5.56 Å². The molecule has 2 aromatic rings. The molecule has 1 aromatic carbocycles. The van der Waals surface area contributed by atoms with E-state index in [-0.39, 0.29) is 0 Å². The van der Waals surface area contributed by atoms with E-state index in [0.717, 1.165) is 5.56 Å². The van der Waals surface area contributed by atoms with Crippen molar-refractivity contribution in [2.45, 2.75) is 6.92 Å². The molecular weight excluding hydrogens is 250 g/mol. The zero-order valence-electron chi connectivity index (χ0n) is 7.26. The molecule has 0 aliphatic rings. The van der Waals surface area contributed by atoms with Gasteiger partial charge in [0.25, 0.3) is 0 Å². The van der Waals surface area contributed by atoms with Crippen molar-refractivity contribution >= 4 is 26.8 Å². The molecule has 0 amide bonds. The fourth-order valence-corrected chi connectivity index (χ4v) is 2.06. The molecular formula is C9H6BrNO3. The van der Waals surface area contributed by atoms with Crippen LogP contribution in [0, 0.1) is 6.92 Å². The maximum atomic E-state index is 11.3. The lowest BCUT2D eigenvalue weighted by Gasteiger charge is -1.99. The average Bonchev–Trinajstić information content (AvgIpc) is 1.99. The fourth-order valence-electron chi connectivity index (χ4n) is 1.32. The van der Waals surface area contributed by atoms with Crippen LogP contribution in [0.4, 0.5) is 0 Å². The molecule has 4 nitrogen and oxygen atoms in total. The first-order valence-corrected chi connectivity index (χ1v) is 4.70. The molecule has 14 heavy (non-hydrogen) atoms. The largest absolute Gasteiger partial charge is 0.419 e. The predicted molar refractivity (Wildman–Crippen MR) is 55.5 cm³/mol. The second-order valence-corrected chi connectivity index (χ2v) is 3.83. The van der Waals surface area contributed by atoms with E-state index in [0.29, 0.717) is 15.4 Å². The SMILES string of the molecule is Cc1cc(Br)c2c(=O)oc(=O)[nH]c2c1. The standard InChI is InChI=1S/C9H6BrNO3/c1-4-2-5(10)7-6(3-4)11-9(13)14-8(7)12/h2-3H,1H3,(H,11,13). The van der Waals surface area contributed by atoms with Gasteiger partial charge in [-0.2, -0.15) is 0 Å². The zero-order valence-corrected chi connectivity index (χ0v) is 8.84. The number of benzene rings is 1. The van der Waals surface area contributed by atoms with Crippen LogP contribution in [0.25, 0.3) is 10.9 Å². The number of aromatic nitrogens is 1. The first-order chi connectivity index (χ1) is 6.58. The molecule has 0 bridgehead atoms. The summed E-state index contributed by atoms with van der Waals surface area (Å²) < 4.78 is 5.04. The van der Waals surface area contributed by atoms with Crippen LogP contribution >= 0.6 is 15.9 Å². The topological polar surface area (TPSA) is 63.1 Å². The normalized spacial score (nSPS) is 10.7. The van der Waals surface area contributed by atoms with Gasteiger partial charge in [0.05, 0.1) is 10.9 Å². The van der Waals surface area contributed by atoms with E-state index in [1.807, 2.05) is 6.92 Å². The summed E-state index contributed by atoms with van der Waals surface area (Å²) in [6, 6.07) is 3.51. The highest BCUT2D eigenvalue weighted by Crippen LogP contribution is 2.20. The van der Waals surface area contributed by atoms with Crippen molar-refractivity contribution in [3.8, 4) is 0 Å². The summed E-state index contributed by atoms with van der Waals surface area (Å²) in [6.07, 6.45) is 0. The van der Waals surface area contributed by atoms with Crippen LogP contribution in [0.5, 0.6) is 0 Å². The molecule has 1 N–H and O–H groups in total. The van der Waals surface area contributed by atoms with Crippen LogP contribution in [0.3, 0.4) is 0 Å². The van der Waals surface area contributed by atoms with Gasteiger partial charge in [-0.05, 0) is 40.5 Å². The Kier molecular flexibility index (Phi) is 2.03. The molecule has 1 aromatic heterocycles. The highest BCUT2D eigenvalue weighted by atomic mass is 79.9. The summed E-state index contributed by atoms with van der Waals surface area (Å²) in [5, 5.41) is 0.357. The number of aryl methyl sites for hydroxylation is 1. The molecule has 0 unspecified atom stereocenters. The second-order valence-electron chi connectivity index (χ2n) is 2.97. The van der Waals surface area contributed by atoms with Crippen LogP contribution in [-0.4, -0.2) is 4.98 Å². The van der Waals surface area contributed by atoms with Crippen molar-refractivity contribution in [2.24, 2.45) is 0 Å². The van der Waals surface area contributed by atoms with E-state index in [1.54, 1.807) is 12.1 Å². The summed E-state index contributed by atoms with van der Waals surface area (Å²) in [7, 11) is 0. The van der Waals surface area contributed by atoms with Crippen molar-refractivity contribution in [2.75, 3.05) is 0 Å². The summed E-state index contributed by atoms with van der Waals surface area (Å²) in [4.78, 5) is 24.7. The summed E-state index contributed by atoms with van der Waals surface area (Å²) >= 11 is 3.24. The Morgan fingerprint density at radius 3 is 2.79 bits per heavy atom. The fraction of sp³-hybridized carbons (Fsp3) is 0.111. The highest BCUT2D eigenvalue weighted by Gasteiger charge is 2.06. The number of fused-ring (bicyclic) bond motifs is 1. The molecule has 2 rings (SSSR count). The Morgan fingerprint density at radius 2 is 2.07 bits per heavy atom. The Morgan fingerprint density at radius 1 is 1.36 bits per heavy atom. The monoisotopic (exact) mass is 255 g/mol. The maximum absolute atomic E-state index is 11.3. The lowest BCUT2D eigenvalue weighted by Crippen LogP contribution is -2.14. The van der Waals surface area contributed by atoms with Gasteiger partial charge in [-0.15, -0.1) is 0 Å². The van der Waals surface area contributed by atoms with Crippen molar-refractivity contribution < 1.29 is 4.42 Å². The molecule has 72 valence electrons. The van der Waals surface area contributed by atoms with Gasteiger partial charge in [-0.1, -0.05) is 0 Å². The Bertz CT molecular complexity index is 611. The van der Waals surface area contributed by atoms with Crippen molar-refractivity contribution in [1.82, 2.24) is 4.98 Å². The van der Waals surface area contributed by atoms with Gasteiger partial charge in [0.15, 0.2) is 0 Å². The number of aromatic amines is 1. The number of hydrogen-bond donors (Lipinski definition) is 1. The average molecular weight is 256 g/mol. The summed E-state index contributed by atoms with van der Waals surface area (Å²) in [6.45, 7) is 1.87. The van der Waals surface area contributed by atoms with Gasteiger partial charge in [-0.25, -0.2) is 9.59 Å². The molecule has 0 radical (unpaired) electrons. The minimum absolute atomic E-state index is 0.357. The molecule has 0 fully saturated rings. The number of nitrogens with one attached hydrogen (secondary N) is 1. The third kappa shape index (κ3) is 1.39. The van der Waals surface area contributed by atoms with Gasteiger partial charge < -0.3 is 4.42 Å². The molecule has 0 saturated heterocycles. The third-order valence-electron chi connectivity index (χ3n) is 1.86. The van der Waals surface area contributed by atoms with Gasteiger partial charge in [-0.3, -0.25) is 4.98 Å². The molecule has 0 spiro atoms. The highest BCUT2D eigenvalue weighted by molar-refractivity contribution is 9.10. The van der Waals surface area contributed by atoms with Gasteiger partial charge >= 0.3 is 11.4 Å². The van der Waals surface area contributed by atoms with E-state index < -0.39 is 11.4 Å². The quantitative estimate of drug-likeness (QED) is 0.777.